The molecule has 1 rings (SSSR count). The van der Waals surface area contributed by atoms with Crippen LogP contribution in [0.15, 0.2) is 12.1 Å². The average Bonchev–Trinajstić information content (AvgIpc) is 2.32. The topological polar surface area (TPSA) is 156 Å². The Morgan fingerprint density at radius 1 is 0.952 bits per heavy atom. The van der Waals surface area contributed by atoms with Crippen molar-refractivity contribution in [2.75, 3.05) is 13.1 Å². The second-order valence-corrected chi connectivity index (χ2v) is 4.24. The fraction of sp³-hybridized carbons (Fsp3) is 0.250. The van der Waals surface area contributed by atoms with Crippen molar-refractivity contribution in [2.45, 2.75) is 6.54 Å². The summed E-state index contributed by atoms with van der Waals surface area (Å²) in [6.07, 6.45) is 0. The van der Waals surface area contributed by atoms with Gasteiger partial charge in [-0.3, -0.25) is 14.5 Å². The lowest BCUT2D eigenvalue weighted by Crippen LogP contribution is -2.34. The highest BCUT2D eigenvalue weighted by Crippen LogP contribution is 2.31. The Bertz CT molecular complexity index is 567. The second-order valence-electron chi connectivity index (χ2n) is 4.24. The summed E-state index contributed by atoms with van der Waals surface area (Å²) in [6.45, 7) is -1.59. The highest BCUT2D eigenvalue weighted by molar-refractivity contribution is 5.89. The molecule has 0 heterocycles. The van der Waals surface area contributed by atoms with E-state index in [0.29, 0.717) is 0 Å². The number of hydrogen-bond donors (Lipinski definition) is 5. The van der Waals surface area contributed by atoms with Crippen LogP contribution in [0.5, 0.6) is 11.5 Å². The number of aromatic hydroxyl groups is 2. The van der Waals surface area contributed by atoms with Crippen LogP contribution >= 0.6 is 0 Å². The molecule has 0 spiro atoms. The summed E-state index contributed by atoms with van der Waals surface area (Å²) in [4.78, 5) is 33.2. The minimum atomic E-state index is -1.35. The molecule has 1 aromatic rings. The summed E-state index contributed by atoms with van der Waals surface area (Å²) in [5, 5.41) is 45.4. The Morgan fingerprint density at radius 2 is 1.48 bits per heavy atom. The molecular formula is C12H13NO8. The zero-order valence-corrected chi connectivity index (χ0v) is 10.7. The van der Waals surface area contributed by atoms with Gasteiger partial charge in [0.05, 0.1) is 18.7 Å². The molecule has 0 aliphatic carbocycles. The van der Waals surface area contributed by atoms with Crippen LogP contribution in [0.2, 0.25) is 0 Å². The molecule has 9 nitrogen and oxygen atoms in total. The summed E-state index contributed by atoms with van der Waals surface area (Å²) in [5.41, 5.74) is -0.402. The van der Waals surface area contributed by atoms with Gasteiger partial charge in [0, 0.05) is 12.1 Å². The fourth-order valence-corrected chi connectivity index (χ4v) is 1.71. The van der Waals surface area contributed by atoms with E-state index in [1.807, 2.05) is 0 Å². The van der Waals surface area contributed by atoms with Crippen molar-refractivity contribution in [3.05, 3.63) is 23.3 Å². The van der Waals surface area contributed by atoms with Crippen LogP contribution in [-0.4, -0.2) is 61.4 Å². The molecule has 0 aromatic heterocycles. The van der Waals surface area contributed by atoms with E-state index in [9.17, 15) is 24.6 Å². The summed E-state index contributed by atoms with van der Waals surface area (Å²) >= 11 is 0. The third kappa shape index (κ3) is 4.66. The number of carbonyl (C=O) groups is 3. The van der Waals surface area contributed by atoms with Gasteiger partial charge < -0.3 is 25.5 Å². The third-order valence-electron chi connectivity index (χ3n) is 2.53. The van der Waals surface area contributed by atoms with E-state index in [-0.39, 0.29) is 17.7 Å². The highest BCUT2D eigenvalue weighted by atomic mass is 16.4. The van der Waals surface area contributed by atoms with Crippen molar-refractivity contribution >= 4 is 17.9 Å². The third-order valence-corrected chi connectivity index (χ3v) is 2.53. The van der Waals surface area contributed by atoms with Crippen molar-refractivity contribution in [3.63, 3.8) is 0 Å². The van der Waals surface area contributed by atoms with E-state index in [1.54, 1.807) is 0 Å². The number of aromatic carboxylic acids is 1. The maximum Gasteiger partial charge on any atom is 0.335 e. The quantitative estimate of drug-likeness (QED) is 0.429. The SMILES string of the molecule is O=C(O)CN(CC(=O)O)Cc1cc(C(=O)O)cc(O)c1O. The van der Waals surface area contributed by atoms with Gasteiger partial charge in [0.25, 0.3) is 0 Å². The second kappa shape index (κ2) is 6.57. The molecule has 0 fully saturated rings. The van der Waals surface area contributed by atoms with Crippen LogP contribution in [-0.2, 0) is 16.1 Å². The highest BCUT2D eigenvalue weighted by Gasteiger charge is 2.19. The number of aliphatic carboxylic acids is 2. The number of carboxylic acids is 3. The van der Waals surface area contributed by atoms with Gasteiger partial charge in [-0.05, 0) is 12.1 Å². The summed E-state index contributed by atoms with van der Waals surface area (Å²) in [6, 6.07) is 1.87. The van der Waals surface area contributed by atoms with Crippen molar-refractivity contribution in [1.82, 2.24) is 4.90 Å². The lowest BCUT2D eigenvalue weighted by Gasteiger charge is -2.19. The first-order valence-electron chi connectivity index (χ1n) is 5.64. The van der Waals surface area contributed by atoms with Gasteiger partial charge in [0.1, 0.15) is 0 Å². The first-order valence-corrected chi connectivity index (χ1v) is 5.64. The molecule has 0 radical (unpaired) electrons. The van der Waals surface area contributed by atoms with Gasteiger partial charge in [0.15, 0.2) is 11.5 Å². The molecule has 21 heavy (non-hydrogen) atoms. The first kappa shape index (κ1) is 16.2. The van der Waals surface area contributed by atoms with Gasteiger partial charge in [-0.25, -0.2) is 4.79 Å². The Hall–Kier alpha value is -2.81. The standard InChI is InChI=1S/C12H13NO8/c14-8-2-6(12(20)21)1-7(11(8)19)3-13(4-9(15)16)5-10(17)18/h1-2,14,19H,3-5H2,(H,15,16)(H,17,18)(H,20,21). The molecule has 0 amide bonds. The molecular weight excluding hydrogens is 286 g/mol. The van der Waals surface area contributed by atoms with Crippen molar-refractivity contribution in [2.24, 2.45) is 0 Å². The lowest BCUT2D eigenvalue weighted by atomic mass is 10.1. The van der Waals surface area contributed by atoms with E-state index in [0.717, 1.165) is 17.0 Å². The molecule has 9 heteroatoms. The van der Waals surface area contributed by atoms with Crippen LogP contribution in [0.1, 0.15) is 15.9 Å². The number of phenols is 2. The molecule has 0 aliphatic heterocycles. The summed E-state index contributed by atoms with van der Waals surface area (Å²) in [7, 11) is 0. The molecule has 0 saturated carbocycles. The first-order chi connectivity index (χ1) is 9.70. The van der Waals surface area contributed by atoms with Gasteiger partial charge in [-0.2, -0.15) is 0 Å². The Morgan fingerprint density at radius 3 is 1.90 bits per heavy atom. The predicted octanol–water partition coefficient (Wildman–Crippen LogP) is -0.233. The molecule has 0 bridgehead atoms. The van der Waals surface area contributed by atoms with E-state index < -0.39 is 42.5 Å². The van der Waals surface area contributed by atoms with Gasteiger partial charge >= 0.3 is 17.9 Å². The van der Waals surface area contributed by atoms with Crippen molar-refractivity contribution < 1.29 is 39.9 Å². The van der Waals surface area contributed by atoms with E-state index in [1.165, 1.54) is 0 Å². The predicted molar refractivity (Wildman–Crippen MR) is 67.3 cm³/mol. The lowest BCUT2D eigenvalue weighted by molar-refractivity contribution is -0.142. The normalized spacial score (nSPS) is 10.5. The summed E-state index contributed by atoms with van der Waals surface area (Å²) in [5.74, 6) is -5.23. The van der Waals surface area contributed by atoms with Crippen LogP contribution in [0.3, 0.4) is 0 Å². The van der Waals surface area contributed by atoms with Crippen molar-refractivity contribution in [3.8, 4) is 11.5 Å². The average molecular weight is 299 g/mol. The largest absolute Gasteiger partial charge is 0.504 e. The number of carboxylic acid groups (broad SMARTS) is 3. The smallest absolute Gasteiger partial charge is 0.335 e. The van der Waals surface area contributed by atoms with Gasteiger partial charge in [-0.1, -0.05) is 0 Å². The number of phenolic OH excluding ortho intramolecular Hbond substituents is 2. The molecule has 0 unspecified atom stereocenters. The number of nitrogens with zero attached hydrogens (tertiary/aromatic N) is 1. The zero-order chi connectivity index (χ0) is 16.2. The molecule has 0 atom stereocenters. The number of hydrogen-bond acceptors (Lipinski definition) is 6. The Balaban J connectivity index is 3.09. The number of benzene rings is 1. The molecule has 1 aromatic carbocycles. The molecule has 0 saturated heterocycles. The van der Waals surface area contributed by atoms with Gasteiger partial charge in [-0.15, -0.1) is 0 Å². The summed E-state index contributed by atoms with van der Waals surface area (Å²) < 4.78 is 0. The molecule has 0 aliphatic rings. The molecule has 114 valence electrons. The van der Waals surface area contributed by atoms with E-state index in [2.05, 4.69) is 0 Å². The number of rotatable bonds is 7. The van der Waals surface area contributed by atoms with E-state index >= 15 is 0 Å². The van der Waals surface area contributed by atoms with Crippen LogP contribution in [0.4, 0.5) is 0 Å². The minimum Gasteiger partial charge on any atom is -0.504 e. The molecule has 5 N–H and O–H groups in total. The fourth-order valence-electron chi connectivity index (χ4n) is 1.71. The Labute approximate surface area is 118 Å². The monoisotopic (exact) mass is 299 g/mol. The zero-order valence-electron chi connectivity index (χ0n) is 10.7. The van der Waals surface area contributed by atoms with Crippen molar-refractivity contribution in [1.29, 1.82) is 0 Å². The maximum absolute atomic E-state index is 10.9. The van der Waals surface area contributed by atoms with Crippen LogP contribution in [0.25, 0.3) is 0 Å². The minimum absolute atomic E-state index is 0.0881. The van der Waals surface area contributed by atoms with Gasteiger partial charge in [0.2, 0.25) is 0 Å². The Kier molecular flexibility index (Phi) is 5.08. The van der Waals surface area contributed by atoms with Crippen LogP contribution < -0.4 is 0 Å². The van der Waals surface area contributed by atoms with Crippen LogP contribution in [0, 0.1) is 0 Å². The van der Waals surface area contributed by atoms with E-state index in [4.69, 9.17) is 15.3 Å². The maximum atomic E-state index is 10.9.